The van der Waals surface area contributed by atoms with E-state index < -0.39 is 5.97 Å². The molecule has 0 aliphatic heterocycles. The number of hydrogen-bond donors (Lipinski definition) is 1. The van der Waals surface area contributed by atoms with Crippen LogP contribution in [0.3, 0.4) is 0 Å². The van der Waals surface area contributed by atoms with Crippen molar-refractivity contribution in [1.82, 2.24) is 9.55 Å². The topological polar surface area (TPSA) is 81.4 Å². The van der Waals surface area contributed by atoms with Crippen molar-refractivity contribution >= 4 is 34.4 Å². The number of aromatic carboxylic acids is 1. The Morgan fingerprint density at radius 3 is 2.36 bits per heavy atom. The highest BCUT2D eigenvalue weighted by molar-refractivity contribution is 6.31. The van der Waals surface area contributed by atoms with E-state index in [2.05, 4.69) is 0 Å². The number of rotatable bonds is 9. The van der Waals surface area contributed by atoms with Crippen LogP contribution in [0.25, 0.3) is 33.5 Å². The first-order valence-electron chi connectivity index (χ1n) is 12.5. The maximum Gasteiger partial charge on any atom is 0.336 e. The van der Waals surface area contributed by atoms with Crippen LogP contribution in [-0.4, -0.2) is 40.1 Å². The number of halogens is 1. The van der Waals surface area contributed by atoms with Gasteiger partial charge in [-0.2, -0.15) is 0 Å². The number of carbonyl (C=O) groups excluding carboxylic acids is 1. The van der Waals surface area contributed by atoms with Gasteiger partial charge in [-0.1, -0.05) is 66.2 Å². The summed E-state index contributed by atoms with van der Waals surface area (Å²) in [6.07, 6.45) is 0.193. The molecule has 196 valence electrons. The number of methoxy groups -OCH3 is 1. The quantitative estimate of drug-likeness (QED) is 0.200. The standard InChI is InChI=1S/C32H27ClN2O4/c1-35-29-11-7-6-10-28(29)34-31(35)25-15-13-23(33)18-26(25)24-14-12-21(16-27(24)32(37)38)30(36)17-22(19-39-2)20-8-4-3-5-9-20/h3-16,18,22H,17,19H2,1-2H3,(H,37,38)/t22-/m1/s1. The zero-order chi connectivity index (χ0) is 27.5. The van der Waals surface area contributed by atoms with Gasteiger partial charge in [0.05, 0.1) is 23.2 Å². The largest absolute Gasteiger partial charge is 0.478 e. The normalized spacial score (nSPS) is 12.0. The van der Waals surface area contributed by atoms with Gasteiger partial charge >= 0.3 is 5.97 Å². The van der Waals surface area contributed by atoms with Crippen LogP contribution in [0.15, 0.2) is 91.0 Å². The molecule has 0 saturated heterocycles. The molecule has 0 bridgehead atoms. The summed E-state index contributed by atoms with van der Waals surface area (Å²) in [5.74, 6) is -0.748. The van der Waals surface area contributed by atoms with Crippen LogP contribution in [0.5, 0.6) is 0 Å². The third kappa shape index (κ3) is 5.35. The van der Waals surface area contributed by atoms with Crippen LogP contribution < -0.4 is 0 Å². The SMILES string of the molecule is COC[C@@H](CC(=O)c1ccc(-c2cc(Cl)ccc2-c2nc3ccccc3n2C)c(C(=O)O)c1)c1ccccc1. The van der Waals surface area contributed by atoms with Gasteiger partial charge in [-0.15, -0.1) is 0 Å². The molecule has 0 fully saturated rings. The fourth-order valence-electron chi connectivity index (χ4n) is 4.99. The monoisotopic (exact) mass is 538 g/mol. The van der Waals surface area contributed by atoms with Crippen molar-refractivity contribution in [2.75, 3.05) is 13.7 Å². The third-order valence-corrected chi connectivity index (χ3v) is 7.18. The second kappa shape index (κ2) is 11.2. The predicted molar refractivity (Wildman–Crippen MR) is 154 cm³/mol. The van der Waals surface area contributed by atoms with Crippen molar-refractivity contribution in [2.45, 2.75) is 12.3 Å². The molecule has 1 N–H and O–H groups in total. The molecule has 7 heteroatoms. The van der Waals surface area contributed by atoms with E-state index in [1.54, 1.807) is 31.4 Å². The molecule has 4 aromatic carbocycles. The Balaban J connectivity index is 1.56. The van der Waals surface area contributed by atoms with Gasteiger partial charge < -0.3 is 14.4 Å². The van der Waals surface area contributed by atoms with Gasteiger partial charge in [-0.05, 0) is 53.1 Å². The number of nitrogens with zero attached hydrogens (tertiary/aromatic N) is 2. The molecule has 5 rings (SSSR count). The van der Waals surface area contributed by atoms with Crippen LogP contribution in [0, 0.1) is 0 Å². The number of para-hydroxylation sites is 2. The van der Waals surface area contributed by atoms with E-state index in [0.29, 0.717) is 34.1 Å². The first kappa shape index (κ1) is 26.4. The summed E-state index contributed by atoms with van der Waals surface area (Å²) < 4.78 is 7.34. The first-order valence-corrected chi connectivity index (χ1v) is 12.9. The summed E-state index contributed by atoms with van der Waals surface area (Å²) in [5, 5.41) is 10.7. The molecule has 1 atom stereocenters. The molecule has 0 unspecified atom stereocenters. The smallest absolute Gasteiger partial charge is 0.336 e. The lowest BCUT2D eigenvalue weighted by Gasteiger charge is -2.17. The van der Waals surface area contributed by atoms with E-state index in [1.165, 1.54) is 6.07 Å². The van der Waals surface area contributed by atoms with Gasteiger partial charge in [0.2, 0.25) is 0 Å². The van der Waals surface area contributed by atoms with Crippen LogP contribution in [-0.2, 0) is 11.8 Å². The van der Waals surface area contributed by atoms with Crippen LogP contribution in [0.2, 0.25) is 5.02 Å². The molecule has 0 saturated carbocycles. The van der Waals surface area contributed by atoms with E-state index in [0.717, 1.165) is 22.2 Å². The maximum absolute atomic E-state index is 13.3. The highest BCUT2D eigenvalue weighted by Crippen LogP contribution is 2.37. The Hall–Kier alpha value is -4.26. The average Bonchev–Trinajstić information content (AvgIpc) is 3.29. The number of fused-ring (bicyclic) bond motifs is 1. The van der Waals surface area contributed by atoms with Gasteiger partial charge in [0.1, 0.15) is 5.82 Å². The summed E-state index contributed by atoms with van der Waals surface area (Å²) in [6.45, 7) is 0.378. The zero-order valence-corrected chi connectivity index (χ0v) is 22.4. The van der Waals surface area contributed by atoms with E-state index in [-0.39, 0.29) is 23.7 Å². The lowest BCUT2D eigenvalue weighted by molar-refractivity contribution is 0.0697. The molecular formula is C32H27ClN2O4. The molecule has 6 nitrogen and oxygen atoms in total. The maximum atomic E-state index is 13.3. The van der Waals surface area contributed by atoms with Gasteiger partial charge in [0, 0.05) is 42.6 Å². The first-order chi connectivity index (χ1) is 18.9. The minimum Gasteiger partial charge on any atom is -0.478 e. The molecule has 0 aliphatic carbocycles. The Kier molecular flexibility index (Phi) is 7.59. The number of hydrogen-bond acceptors (Lipinski definition) is 4. The Morgan fingerprint density at radius 1 is 0.923 bits per heavy atom. The molecule has 1 heterocycles. The Bertz CT molecular complexity index is 1680. The molecule has 0 spiro atoms. The fraction of sp³-hybridized carbons (Fsp3) is 0.156. The summed E-state index contributed by atoms with van der Waals surface area (Å²) >= 11 is 6.39. The molecule has 0 aliphatic rings. The molecule has 39 heavy (non-hydrogen) atoms. The predicted octanol–water partition coefficient (Wildman–Crippen LogP) is 7.26. The second-order valence-corrected chi connectivity index (χ2v) is 9.87. The van der Waals surface area contributed by atoms with Gasteiger partial charge in [0.25, 0.3) is 0 Å². The van der Waals surface area contributed by atoms with Crippen molar-refractivity contribution in [3.05, 3.63) is 113 Å². The molecule has 1 aromatic heterocycles. The summed E-state index contributed by atoms with van der Waals surface area (Å²) in [6, 6.07) is 27.6. The number of aryl methyl sites for hydroxylation is 1. The third-order valence-electron chi connectivity index (χ3n) is 6.94. The van der Waals surface area contributed by atoms with E-state index in [4.69, 9.17) is 21.3 Å². The van der Waals surface area contributed by atoms with Crippen LogP contribution in [0.1, 0.15) is 38.6 Å². The van der Waals surface area contributed by atoms with Gasteiger partial charge in [-0.3, -0.25) is 4.79 Å². The highest BCUT2D eigenvalue weighted by atomic mass is 35.5. The number of carboxylic acid groups (broad SMARTS) is 1. The van der Waals surface area contributed by atoms with E-state index in [9.17, 15) is 14.7 Å². The van der Waals surface area contributed by atoms with Crippen LogP contribution in [0.4, 0.5) is 0 Å². The van der Waals surface area contributed by atoms with E-state index >= 15 is 0 Å². The summed E-state index contributed by atoms with van der Waals surface area (Å²) in [5.41, 5.74) is 4.96. The number of ketones is 1. The molecular weight excluding hydrogens is 512 g/mol. The lowest BCUT2D eigenvalue weighted by Crippen LogP contribution is -2.13. The minimum atomic E-state index is -1.13. The number of carboxylic acids is 1. The van der Waals surface area contributed by atoms with Crippen molar-refractivity contribution < 1.29 is 19.4 Å². The molecule has 5 aromatic rings. The number of carbonyl (C=O) groups is 2. The summed E-state index contributed by atoms with van der Waals surface area (Å²) in [4.78, 5) is 30.6. The van der Waals surface area contributed by atoms with Crippen LogP contribution >= 0.6 is 11.6 Å². The minimum absolute atomic E-state index is 0.0196. The number of benzene rings is 4. The van der Waals surface area contributed by atoms with Crippen molar-refractivity contribution in [3.63, 3.8) is 0 Å². The van der Waals surface area contributed by atoms with Gasteiger partial charge in [-0.25, -0.2) is 9.78 Å². The average molecular weight is 539 g/mol. The van der Waals surface area contributed by atoms with Gasteiger partial charge in [0.15, 0.2) is 5.78 Å². The fourth-order valence-corrected chi connectivity index (χ4v) is 5.16. The van der Waals surface area contributed by atoms with Crippen molar-refractivity contribution in [3.8, 4) is 22.5 Å². The van der Waals surface area contributed by atoms with Crippen molar-refractivity contribution in [2.24, 2.45) is 7.05 Å². The molecule has 0 amide bonds. The number of Topliss-reactive ketones (excluding diaryl/α,β-unsaturated/α-hetero) is 1. The number of aromatic nitrogens is 2. The Morgan fingerprint density at radius 2 is 1.64 bits per heavy atom. The Labute approximate surface area is 231 Å². The summed E-state index contributed by atoms with van der Waals surface area (Å²) in [7, 11) is 3.52. The van der Waals surface area contributed by atoms with E-state index in [1.807, 2.05) is 72.3 Å². The zero-order valence-electron chi connectivity index (χ0n) is 21.6. The second-order valence-electron chi connectivity index (χ2n) is 9.43. The lowest BCUT2D eigenvalue weighted by atomic mass is 9.89. The van der Waals surface area contributed by atoms with Crippen molar-refractivity contribution in [1.29, 1.82) is 0 Å². The number of imidazole rings is 1. The number of ether oxygens (including phenoxy) is 1. The molecule has 0 radical (unpaired) electrons. The highest BCUT2D eigenvalue weighted by Gasteiger charge is 2.23.